The van der Waals surface area contributed by atoms with E-state index in [0.717, 1.165) is 17.7 Å². The van der Waals surface area contributed by atoms with Gasteiger partial charge >= 0.3 is 0 Å². The lowest BCUT2D eigenvalue weighted by molar-refractivity contribution is -0.141. The van der Waals surface area contributed by atoms with E-state index in [1.54, 1.807) is 4.52 Å². The number of nitrogen functional groups attached to an aromatic ring is 1. The molecule has 1 fully saturated rings. The van der Waals surface area contributed by atoms with Crippen molar-refractivity contribution in [1.82, 2.24) is 14.6 Å². The van der Waals surface area contributed by atoms with E-state index in [-0.39, 0.29) is 24.7 Å². The molecule has 0 aliphatic carbocycles. The Bertz CT molecular complexity index is 945. The van der Waals surface area contributed by atoms with Gasteiger partial charge in [0.05, 0.1) is 31.1 Å². The minimum absolute atomic E-state index is 0.0299. The Morgan fingerprint density at radius 2 is 2.04 bits per heavy atom. The van der Waals surface area contributed by atoms with E-state index in [1.807, 2.05) is 42.5 Å². The summed E-state index contributed by atoms with van der Waals surface area (Å²) < 4.78 is 14.5. The average Bonchev–Trinajstić information content (AvgIpc) is 3.28. The number of nitrogens with two attached hydrogens (primary N) is 1. The first-order chi connectivity index (χ1) is 13.6. The van der Waals surface area contributed by atoms with Crippen LogP contribution in [0.2, 0.25) is 0 Å². The van der Waals surface area contributed by atoms with Crippen LogP contribution in [0, 0.1) is 5.92 Å². The van der Waals surface area contributed by atoms with Crippen molar-refractivity contribution in [2.24, 2.45) is 5.92 Å². The molecule has 0 bridgehead atoms. The number of aromatic nitrogens is 3. The van der Waals surface area contributed by atoms with Gasteiger partial charge in [-0.15, -0.1) is 0 Å². The summed E-state index contributed by atoms with van der Waals surface area (Å²) in [5, 5.41) is 14.9. The lowest BCUT2D eigenvalue weighted by Gasteiger charge is -2.33. The number of aliphatic hydroxyl groups excluding tert-OH is 1. The van der Waals surface area contributed by atoms with Crippen molar-refractivity contribution < 1.29 is 14.6 Å². The molecule has 148 valence electrons. The minimum atomic E-state index is -1.03. The molecule has 1 aliphatic rings. The van der Waals surface area contributed by atoms with Crippen molar-refractivity contribution in [2.45, 2.75) is 44.7 Å². The maximum absolute atomic E-state index is 10.5. The second-order valence-electron chi connectivity index (χ2n) is 7.35. The van der Waals surface area contributed by atoms with Crippen molar-refractivity contribution in [3.05, 3.63) is 60.0 Å². The smallest absolute Gasteiger partial charge is 0.159 e. The number of ether oxygens (including phenoxy) is 2. The fraction of sp³-hybridized carbons (Fsp3) is 0.429. The van der Waals surface area contributed by atoms with Gasteiger partial charge in [0.2, 0.25) is 0 Å². The maximum Gasteiger partial charge on any atom is 0.159 e. The third-order valence-corrected chi connectivity index (χ3v) is 5.71. The third kappa shape index (κ3) is 2.96. The number of nitrogens with zero attached hydrogens (tertiary/aromatic N) is 3. The van der Waals surface area contributed by atoms with E-state index in [0.29, 0.717) is 17.9 Å². The summed E-state index contributed by atoms with van der Waals surface area (Å²) in [6.45, 7) is 4.42. The van der Waals surface area contributed by atoms with Crippen LogP contribution in [0.4, 0.5) is 5.82 Å². The average molecular weight is 382 g/mol. The number of hydrogen-bond donors (Lipinski definition) is 2. The number of fused-ring (bicyclic) bond motifs is 1. The number of hydrogen-bond acceptors (Lipinski definition) is 6. The summed E-state index contributed by atoms with van der Waals surface area (Å²) in [6, 6.07) is 13.7. The van der Waals surface area contributed by atoms with Crippen molar-refractivity contribution >= 4 is 11.3 Å². The van der Waals surface area contributed by atoms with Gasteiger partial charge in [0, 0.05) is 5.92 Å². The molecule has 0 saturated carbocycles. The first-order valence-electron chi connectivity index (χ1n) is 9.63. The molecule has 4 atom stereocenters. The number of benzene rings is 1. The molecule has 3 aromatic rings. The second kappa shape index (κ2) is 7.50. The predicted octanol–water partition coefficient (Wildman–Crippen LogP) is 2.53. The van der Waals surface area contributed by atoms with Gasteiger partial charge in [-0.05, 0) is 24.1 Å². The maximum atomic E-state index is 10.5. The van der Waals surface area contributed by atoms with Crippen LogP contribution in [0.1, 0.15) is 31.5 Å². The van der Waals surface area contributed by atoms with E-state index in [2.05, 4.69) is 23.9 Å². The molecule has 3 heterocycles. The summed E-state index contributed by atoms with van der Waals surface area (Å²) in [5.41, 5.74) is 7.45. The van der Waals surface area contributed by atoms with Crippen molar-refractivity contribution in [1.29, 1.82) is 0 Å². The van der Waals surface area contributed by atoms with Gasteiger partial charge in [-0.1, -0.05) is 44.2 Å². The monoisotopic (exact) mass is 382 g/mol. The Kier molecular flexibility index (Phi) is 5.05. The van der Waals surface area contributed by atoms with E-state index < -0.39 is 5.60 Å². The zero-order valence-electron chi connectivity index (χ0n) is 16.2. The molecule has 0 amide bonds. The molecule has 1 aliphatic heterocycles. The molecular weight excluding hydrogens is 356 g/mol. The summed E-state index contributed by atoms with van der Waals surface area (Å²) in [5.74, 6) is 0.486. The zero-order chi connectivity index (χ0) is 19.7. The van der Waals surface area contributed by atoms with Crippen LogP contribution in [0.3, 0.4) is 0 Å². The van der Waals surface area contributed by atoms with Gasteiger partial charge in [0.15, 0.2) is 11.4 Å². The van der Waals surface area contributed by atoms with Crippen LogP contribution in [-0.4, -0.2) is 38.5 Å². The van der Waals surface area contributed by atoms with Gasteiger partial charge < -0.3 is 20.3 Å². The van der Waals surface area contributed by atoms with Crippen LogP contribution in [-0.2, 0) is 21.7 Å². The third-order valence-electron chi connectivity index (χ3n) is 5.71. The molecule has 7 heteroatoms. The van der Waals surface area contributed by atoms with Crippen LogP contribution < -0.4 is 5.73 Å². The summed E-state index contributed by atoms with van der Waals surface area (Å²) in [6.07, 6.45) is 1.87. The standard InChI is InChI=1S/C21H26N4O3/c1-3-17-14(2)19(27-11-15-7-5-4-6-8-15)21(12-26,28-17)18-10-9-16-20(22)23-13-24-25(16)18/h4-10,13-14,17,19,26H,3,11-12H2,1-2H3,(H2,22,23,24)/t14?,17-,19+,21+/m1/s1. The van der Waals surface area contributed by atoms with Gasteiger partial charge in [0.25, 0.3) is 0 Å². The van der Waals surface area contributed by atoms with E-state index >= 15 is 0 Å². The quantitative estimate of drug-likeness (QED) is 0.680. The Labute approximate surface area is 164 Å². The molecule has 4 rings (SSSR count). The summed E-state index contributed by atoms with van der Waals surface area (Å²) >= 11 is 0. The van der Waals surface area contributed by atoms with Crippen LogP contribution in [0.5, 0.6) is 0 Å². The second-order valence-corrected chi connectivity index (χ2v) is 7.35. The highest BCUT2D eigenvalue weighted by Crippen LogP contribution is 2.46. The fourth-order valence-electron chi connectivity index (χ4n) is 4.25. The minimum Gasteiger partial charge on any atom is -0.393 e. The Balaban J connectivity index is 1.75. The molecule has 2 aromatic heterocycles. The normalized spacial score (nSPS) is 27.5. The van der Waals surface area contributed by atoms with Crippen molar-refractivity contribution in [3.63, 3.8) is 0 Å². The van der Waals surface area contributed by atoms with E-state index in [1.165, 1.54) is 6.33 Å². The number of anilines is 1. The highest BCUT2D eigenvalue weighted by molar-refractivity contribution is 5.65. The summed E-state index contributed by atoms with van der Waals surface area (Å²) in [4.78, 5) is 4.05. The van der Waals surface area contributed by atoms with Crippen LogP contribution in [0.15, 0.2) is 48.8 Å². The SMILES string of the molecule is CC[C@H]1O[C@@](CO)(c2ccc3c(N)ncnn23)[C@@H](OCc2ccccc2)C1C. The Morgan fingerprint density at radius 1 is 1.25 bits per heavy atom. The Morgan fingerprint density at radius 3 is 2.75 bits per heavy atom. The van der Waals surface area contributed by atoms with E-state index in [4.69, 9.17) is 15.2 Å². The highest BCUT2D eigenvalue weighted by Gasteiger charge is 2.55. The molecule has 1 unspecified atom stereocenters. The summed E-state index contributed by atoms with van der Waals surface area (Å²) in [7, 11) is 0. The first kappa shape index (κ1) is 18.9. The highest BCUT2D eigenvalue weighted by atomic mass is 16.6. The molecule has 0 spiro atoms. The lowest BCUT2D eigenvalue weighted by Crippen LogP contribution is -2.44. The van der Waals surface area contributed by atoms with Gasteiger partial charge in [-0.25, -0.2) is 9.50 Å². The number of rotatable bonds is 6. The Hall–Kier alpha value is -2.48. The molecular formula is C21H26N4O3. The van der Waals surface area contributed by atoms with Gasteiger partial charge in [-0.3, -0.25) is 0 Å². The molecule has 0 radical (unpaired) electrons. The van der Waals surface area contributed by atoms with Crippen molar-refractivity contribution in [3.8, 4) is 0 Å². The largest absolute Gasteiger partial charge is 0.393 e. The van der Waals surface area contributed by atoms with Crippen LogP contribution >= 0.6 is 0 Å². The van der Waals surface area contributed by atoms with E-state index in [9.17, 15) is 5.11 Å². The first-order valence-corrected chi connectivity index (χ1v) is 9.63. The predicted molar refractivity (Wildman–Crippen MR) is 106 cm³/mol. The molecule has 28 heavy (non-hydrogen) atoms. The van der Waals surface area contributed by atoms with Gasteiger partial charge in [-0.2, -0.15) is 5.10 Å². The molecule has 1 aromatic carbocycles. The zero-order valence-corrected chi connectivity index (χ0v) is 16.2. The molecule has 1 saturated heterocycles. The topological polar surface area (TPSA) is 94.9 Å². The fourth-order valence-corrected chi connectivity index (χ4v) is 4.25. The van der Waals surface area contributed by atoms with Crippen LogP contribution in [0.25, 0.3) is 5.52 Å². The van der Waals surface area contributed by atoms with Gasteiger partial charge in [0.1, 0.15) is 11.8 Å². The molecule has 3 N–H and O–H groups in total. The number of aliphatic hydroxyl groups is 1. The lowest BCUT2D eigenvalue weighted by atomic mass is 9.86. The van der Waals surface area contributed by atoms with Crippen molar-refractivity contribution in [2.75, 3.05) is 12.3 Å². The molecule has 7 nitrogen and oxygen atoms in total.